The summed E-state index contributed by atoms with van der Waals surface area (Å²) in [5, 5.41) is 4.23. The van der Waals surface area contributed by atoms with Crippen LogP contribution in [0.4, 0.5) is 11.5 Å². The predicted molar refractivity (Wildman–Crippen MR) is 76.2 cm³/mol. The summed E-state index contributed by atoms with van der Waals surface area (Å²) in [5.41, 5.74) is 5.95. The Hall–Kier alpha value is -3.22. The third-order valence-corrected chi connectivity index (χ3v) is 2.55. The van der Waals surface area contributed by atoms with Crippen molar-refractivity contribution in [1.29, 1.82) is 0 Å². The van der Waals surface area contributed by atoms with Crippen LogP contribution in [0.3, 0.4) is 0 Å². The number of para-hydroxylation sites is 1. The summed E-state index contributed by atoms with van der Waals surface area (Å²) < 4.78 is 0. The number of anilines is 2. The third kappa shape index (κ3) is 3.63. The minimum atomic E-state index is -1.09. The fraction of sp³-hybridized carbons (Fsp3) is 0. The van der Waals surface area contributed by atoms with Gasteiger partial charge >= 0.3 is 11.8 Å². The average molecular weight is 284 g/mol. The van der Waals surface area contributed by atoms with Gasteiger partial charge in [-0.1, -0.05) is 18.2 Å². The molecule has 0 unspecified atom stereocenters. The summed E-state index contributed by atoms with van der Waals surface area (Å²) in [5.74, 6) is -2.61. The first kappa shape index (κ1) is 14.2. The Morgan fingerprint density at radius 2 is 1.67 bits per heavy atom. The van der Waals surface area contributed by atoms with Crippen LogP contribution >= 0.6 is 0 Å². The Bertz CT molecular complexity index is 686. The number of amides is 3. The Labute approximate surface area is 120 Å². The Morgan fingerprint density at radius 3 is 2.33 bits per heavy atom. The number of nitrogen functional groups attached to an aromatic ring is 1. The molecule has 3 amide bonds. The number of hydrogen-bond donors (Lipinski definition) is 3. The highest BCUT2D eigenvalue weighted by molar-refractivity contribution is 6.42. The number of benzene rings is 1. The molecule has 0 saturated heterocycles. The number of aromatic nitrogens is 1. The molecule has 2 aromatic rings. The number of pyridine rings is 1. The SMILES string of the molecule is Nc1ccccc1C(=O)NC(=O)C(=O)Nc1ccccn1. The zero-order valence-electron chi connectivity index (χ0n) is 10.9. The molecule has 0 aliphatic carbocycles. The van der Waals surface area contributed by atoms with Crippen molar-refractivity contribution in [2.75, 3.05) is 11.1 Å². The van der Waals surface area contributed by atoms with Crippen molar-refractivity contribution >= 4 is 29.2 Å². The molecule has 1 aromatic carbocycles. The van der Waals surface area contributed by atoms with Crippen LogP contribution in [0.5, 0.6) is 0 Å². The number of carbonyl (C=O) groups is 3. The van der Waals surface area contributed by atoms with E-state index < -0.39 is 17.7 Å². The van der Waals surface area contributed by atoms with Crippen molar-refractivity contribution in [2.24, 2.45) is 0 Å². The summed E-state index contributed by atoms with van der Waals surface area (Å²) in [6.07, 6.45) is 1.46. The van der Waals surface area contributed by atoms with Crippen LogP contribution in [0.15, 0.2) is 48.7 Å². The molecule has 1 heterocycles. The van der Waals surface area contributed by atoms with E-state index in [-0.39, 0.29) is 17.1 Å². The van der Waals surface area contributed by atoms with E-state index in [1.165, 1.54) is 24.4 Å². The van der Waals surface area contributed by atoms with Crippen molar-refractivity contribution in [2.45, 2.75) is 0 Å². The maximum atomic E-state index is 11.8. The first-order valence-corrected chi connectivity index (χ1v) is 6.00. The number of nitrogens with two attached hydrogens (primary N) is 1. The molecule has 0 saturated carbocycles. The molecule has 0 fully saturated rings. The Kier molecular flexibility index (Phi) is 4.25. The lowest BCUT2D eigenvalue weighted by molar-refractivity contribution is -0.135. The molecule has 1 aromatic heterocycles. The van der Waals surface area contributed by atoms with Gasteiger partial charge in [-0.2, -0.15) is 0 Å². The lowest BCUT2D eigenvalue weighted by atomic mass is 10.1. The maximum absolute atomic E-state index is 11.8. The summed E-state index contributed by atoms with van der Waals surface area (Å²) in [4.78, 5) is 38.9. The maximum Gasteiger partial charge on any atom is 0.316 e. The largest absolute Gasteiger partial charge is 0.398 e. The minimum absolute atomic E-state index is 0.122. The van der Waals surface area contributed by atoms with Crippen LogP contribution in [-0.4, -0.2) is 22.7 Å². The van der Waals surface area contributed by atoms with Gasteiger partial charge in [-0.05, 0) is 24.3 Å². The van der Waals surface area contributed by atoms with Gasteiger partial charge in [-0.25, -0.2) is 4.98 Å². The topological polar surface area (TPSA) is 114 Å². The second kappa shape index (κ2) is 6.29. The second-order valence-corrected chi connectivity index (χ2v) is 4.04. The van der Waals surface area contributed by atoms with Gasteiger partial charge in [0, 0.05) is 11.9 Å². The fourth-order valence-corrected chi connectivity index (χ4v) is 1.54. The number of imide groups is 1. The zero-order valence-corrected chi connectivity index (χ0v) is 10.9. The predicted octanol–water partition coefficient (Wildman–Crippen LogP) is 0.559. The molecule has 7 heteroatoms. The van der Waals surface area contributed by atoms with Gasteiger partial charge in [0.05, 0.1) is 5.56 Å². The number of hydrogen-bond acceptors (Lipinski definition) is 5. The van der Waals surface area contributed by atoms with Gasteiger partial charge in [0.2, 0.25) is 0 Å². The lowest BCUT2D eigenvalue weighted by Crippen LogP contribution is -2.39. The van der Waals surface area contributed by atoms with E-state index in [2.05, 4.69) is 10.3 Å². The summed E-state index contributed by atoms with van der Waals surface area (Å²) in [7, 11) is 0. The highest BCUT2D eigenvalue weighted by Crippen LogP contribution is 2.09. The van der Waals surface area contributed by atoms with Crippen molar-refractivity contribution in [1.82, 2.24) is 10.3 Å². The monoisotopic (exact) mass is 284 g/mol. The number of nitrogens with one attached hydrogen (secondary N) is 2. The molecule has 0 aliphatic rings. The van der Waals surface area contributed by atoms with E-state index in [1.54, 1.807) is 24.3 Å². The number of nitrogens with zero attached hydrogens (tertiary/aromatic N) is 1. The van der Waals surface area contributed by atoms with Crippen LogP contribution in [-0.2, 0) is 9.59 Å². The van der Waals surface area contributed by atoms with Gasteiger partial charge in [-0.15, -0.1) is 0 Å². The quantitative estimate of drug-likeness (QED) is 0.550. The van der Waals surface area contributed by atoms with Gasteiger partial charge in [0.25, 0.3) is 5.91 Å². The lowest BCUT2D eigenvalue weighted by Gasteiger charge is -2.06. The number of carbonyl (C=O) groups excluding carboxylic acids is 3. The molecule has 0 bridgehead atoms. The Morgan fingerprint density at radius 1 is 0.952 bits per heavy atom. The number of rotatable bonds is 2. The summed E-state index contributed by atoms with van der Waals surface area (Å²) in [6, 6.07) is 11.1. The summed E-state index contributed by atoms with van der Waals surface area (Å²) in [6.45, 7) is 0. The molecular formula is C14H12N4O3. The van der Waals surface area contributed by atoms with Crippen LogP contribution < -0.4 is 16.4 Å². The zero-order chi connectivity index (χ0) is 15.2. The van der Waals surface area contributed by atoms with Gasteiger partial charge in [0.1, 0.15) is 5.82 Å². The molecule has 4 N–H and O–H groups in total. The highest BCUT2D eigenvalue weighted by atomic mass is 16.2. The van der Waals surface area contributed by atoms with Crippen molar-refractivity contribution in [3.8, 4) is 0 Å². The van der Waals surface area contributed by atoms with E-state index in [0.29, 0.717) is 0 Å². The van der Waals surface area contributed by atoms with Crippen LogP contribution in [0.1, 0.15) is 10.4 Å². The molecule has 21 heavy (non-hydrogen) atoms. The van der Waals surface area contributed by atoms with Crippen molar-refractivity contribution < 1.29 is 14.4 Å². The minimum Gasteiger partial charge on any atom is -0.398 e. The van der Waals surface area contributed by atoms with Gasteiger partial charge < -0.3 is 11.1 Å². The van der Waals surface area contributed by atoms with Gasteiger partial charge in [-0.3, -0.25) is 19.7 Å². The van der Waals surface area contributed by atoms with Crippen molar-refractivity contribution in [3.05, 3.63) is 54.2 Å². The molecule has 106 valence electrons. The molecule has 0 spiro atoms. The standard InChI is InChI=1S/C14H12N4O3/c15-10-6-2-1-5-9(10)12(19)18-14(21)13(20)17-11-7-3-4-8-16-11/h1-8H,15H2,(H,16,17,20)(H,18,19,21). The normalized spacial score (nSPS) is 9.71. The van der Waals surface area contributed by atoms with E-state index >= 15 is 0 Å². The highest BCUT2D eigenvalue weighted by Gasteiger charge is 2.19. The van der Waals surface area contributed by atoms with Crippen LogP contribution in [0.25, 0.3) is 0 Å². The van der Waals surface area contributed by atoms with Crippen LogP contribution in [0, 0.1) is 0 Å². The molecule has 7 nitrogen and oxygen atoms in total. The molecule has 0 aliphatic heterocycles. The second-order valence-electron chi connectivity index (χ2n) is 4.04. The van der Waals surface area contributed by atoms with E-state index in [1.807, 2.05) is 5.32 Å². The van der Waals surface area contributed by atoms with Gasteiger partial charge in [0.15, 0.2) is 0 Å². The summed E-state index contributed by atoms with van der Waals surface area (Å²) >= 11 is 0. The first-order valence-electron chi connectivity index (χ1n) is 6.00. The van der Waals surface area contributed by atoms with Crippen LogP contribution in [0.2, 0.25) is 0 Å². The van der Waals surface area contributed by atoms with E-state index in [4.69, 9.17) is 5.73 Å². The fourth-order valence-electron chi connectivity index (χ4n) is 1.54. The third-order valence-electron chi connectivity index (χ3n) is 2.55. The first-order chi connectivity index (χ1) is 10.1. The van der Waals surface area contributed by atoms with Crippen molar-refractivity contribution in [3.63, 3.8) is 0 Å². The van der Waals surface area contributed by atoms with E-state index in [0.717, 1.165) is 0 Å². The molecular weight excluding hydrogens is 272 g/mol. The molecule has 2 rings (SSSR count). The molecule has 0 atom stereocenters. The van der Waals surface area contributed by atoms with E-state index in [9.17, 15) is 14.4 Å². The molecule has 0 radical (unpaired) electrons. The smallest absolute Gasteiger partial charge is 0.316 e. The average Bonchev–Trinajstić information content (AvgIpc) is 2.48. The Balaban J connectivity index is 2.00.